The first kappa shape index (κ1) is 24.8. The standard InChI is InChI=1S/C24H19BrF5N3O2/c1-35-17-7-2-13(25)12-16(17)24(34)31-14-3-5-15(6-4-14)32-8-10-33(11-9-32)23-21(29)19(27)18(26)20(28)22(23)30/h2-7,12H,8-11H2,1H3,(H,31,34). The Kier molecular flexibility index (Phi) is 7.15. The van der Waals surface area contributed by atoms with Gasteiger partial charge in [-0.05, 0) is 42.5 Å². The smallest absolute Gasteiger partial charge is 0.259 e. The van der Waals surface area contributed by atoms with Crippen LogP contribution in [0.15, 0.2) is 46.9 Å². The zero-order chi connectivity index (χ0) is 25.3. The van der Waals surface area contributed by atoms with Gasteiger partial charge in [0.05, 0.1) is 12.7 Å². The molecule has 0 spiro atoms. The Balaban J connectivity index is 1.42. The number of hydrogen-bond acceptors (Lipinski definition) is 4. The summed E-state index contributed by atoms with van der Waals surface area (Å²) in [5.41, 5.74) is 0.762. The van der Waals surface area contributed by atoms with Crippen LogP contribution >= 0.6 is 15.9 Å². The van der Waals surface area contributed by atoms with Crippen LogP contribution in [0.5, 0.6) is 5.75 Å². The number of ether oxygens (including phenoxy) is 1. The summed E-state index contributed by atoms with van der Waals surface area (Å²) < 4.78 is 74.7. The van der Waals surface area contributed by atoms with E-state index in [4.69, 9.17) is 4.74 Å². The molecule has 1 aliphatic heterocycles. The van der Waals surface area contributed by atoms with Gasteiger partial charge in [-0.15, -0.1) is 0 Å². The normalized spacial score (nSPS) is 13.7. The first-order valence-electron chi connectivity index (χ1n) is 10.5. The summed E-state index contributed by atoms with van der Waals surface area (Å²) in [4.78, 5) is 15.7. The molecule has 184 valence electrons. The van der Waals surface area contributed by atoms with Crippen molar-refractivity contribution >= 4 is 38.9 Å². The van der Waals surface area contributed by atoms with E-state index in [-0.39, 0.29) is 19.0 Å². The van der Waals surface area contributed by atoms with E-state index in [0.717, 1.165) is 15.1 Å². The zero-order valence-electron chi connectivity index (χ0n) is 18.3. The fourth-order valence-corrected chi connectivity index (χ4v) is 4.23. The molecule has 1 aliphatic rings. The summed E-state index contributed by atoms with van der Waals surface area (Å²) in [5, 5.41) is 2.79. The van der Waals surface area contributed by atoms with Crippen molar-refractivity contribution in [3.63, 3.8) is 0 Å². The van der Waals surface area contributed by atoms with Crippen molar-refractivity contribution in [2.75, 3.05) is 48.4 Å². The van der Waals surface area contributed by atoms with Gasteiger partial charge in [0.15, 0.2) is 23.3 Å². The molecule has 11 heteroatoms. The molecule has 1 fully saturated rings. The fourth-order valence-electron chi connectivity index (χ4n) is 3.87. The van der Waals surface area contributed by atoms with Crippen LogP contribution in [0.3, 0.4) is 0 Å². The van der Waals surface area contributed by atoms with Crippen molar-refractivity contribution in [1.29, 1.82) is 0 Å². The van der Waals surface area contributed by atoms with Crippen molar-refractivity contribution in [2.45, 2.75) is 0 Å². The average Bonchev–Trinajstić information content (AvgIpc) is 2.87. The number of carbonyl (C=O) groups excluding carboxylic acids is 1. The van der Waals surface area contributed by atoms with Gasteiger partial charge in [0, 0.05) is 42.0 Å². The third kappa shape index (κ3) is 4.90. The second-order valence-corrected chi connectivity index (χ2v) is 8.65. The maximum absolute atomic E-state index is 14.1. The Labute approximate surface area is 206 Å². The SMILES string of the molecule is COc1ccc(Br)cc1C(=O)Nc1ccc(N2CCN(c3c(F)c(F)c(F)c(F)c3F)CC2)cc1. The third-order valence-corrected chi connectivity index (χ3v) is 6.17. The fraction of sp³-hybridized carbons (Fsp3) is 0.208. The Hall–Kier alpha value is -3.34. The molecule has 4 rings (SSSR count). The van der Waals surface area contributed by atoms with Gasteiger partial charge in [-0.1, -0.05) is 15.9 Å². The van der Waals surface area contributed by atoms with Crippen molar-refractivity contribution < 1.29 is 31.5 Å². The highest BCUT2D eigenvalue weighted by molar-refractivity contribution is 9.10. The number of amides is 1. The Morgan fingerprint density at radius 3 is 1.94 bits per heavy atom. The van der Waals surface area contributed by atoms with Crippen molar-refractivity contribution in [2.24, 2.45) is 0 Å². The second kappa shape index (κ2) is 10.1. The molecule has 1 N–H and O–H groups in total. The van der Waals surface area contributed by atoms with Crippen LogP contribution in [0.1, 0.15) is 10.4 Å². The zero-order valence-corrected chi connectivity index (χ0v) is 19.9. The van der Waals surface area contributed by atoms with Crippen LogP contribution in [-0.4, -0.2) is 39.2 Å². The lowest BCUT2D eigenvalue weighted by Gasteiger charge is -2.37. The molecule has 1 saturated heterocycles. The number of carbonyl (C=O) groups is 1. The predicted molar refractivity (Wildman–Crippen MR) is 126 cm³/mol. The van der Waals surface area contributed by atoms with Crippen LogP contribution < -0.4 is 19.9 Å². The molecule has 0 aromatic heterocycles. The average molecular weight is 556 g/mol. The molecule has 0 aliphatic carbocycles. The summed E-state index contributed by atoms with van der Waals surface area (Å²) in [7, 11) is 1.47. The summed E-state index contributed by atoms with van der Waals surface area (Å²) >= 11 is 3.33. The lowest BCUT2D eigenvalue weighted by molar-refractivity contribution is 0.102. The molecule has 3 aromatic carbocycles. The molecular weight excluding hydrogens is 537 g/mol. The van der Waals surface area contributed by atoms with Gasteiger partial charge in [0.25, 0.3) is 5.91 Å². The number of methoxy groups -OCH3 is 1. The summed E-state index contributed by atoms with van der Waals surface area (Å²) in [6.45, 7) is 0.694. The molecular formula is C24H19BrF5N3O2. The van der Waals surface area contributed by atoms with E-state index in [1.165, 1.54) is 7.11 Å². The molecule has 5 nitrogen and oxygen atoms in total. The molecule has 35 heavy (non-hydrogen) atoms. The molecule has 0 unspecified atom stereocenters. The van der Waals surface area contributed by atoms with Crippen molar-refractivity contribution in [3.05, 3.63) is 81.6 Å². The molecule has 1 heterocycles. The largest absolute Gasteiger partial charge is 0.496 e. The number of hydrogen-bond donors (Lipinski definition) is 1. The van der Waals surface area contributed by atoms with Gasteiger partial charge < -0.3 is 19.9 Å². The first-order chi connectivity index (χ1) is 16.7. The molecule has 0 radical (unpaired) electrons. The molecule has 1 amide bonds. The first-order valence-corrected chi connectivity index (χ1v) is 11.3. The molecule has 3 aromatic rings. The Morgan fingerprint density at radius 2 is 1.37 bits per heavy atom. The van der Waals surface area contributed by atoms with E-state index in [9.17, 15) is 26.7 Å². The number of piperazine rings is 1. The number of halogens is 6. The van der Waals surface area contributed by atoms with E-state index in [2.05, 4.69) is 21.2 Å². The lowest BCUT2D eigenvalue weighted by Crippen LogP contribution is -2.47. The maximum Gasteiger partial charge on any atom is 0.259 e. The van der Waals surface area contributed by atoms with E-state index in [0.29, 0.717) is 30.1 Å². The highest BCUT2D eigenvalue weighted by Gasteiger charge is 2.30. The van der Waals surface area contributed by atoms with Gasteiger partial charge >= 0.3 is 0 Å². The van der Waals surface area contributed by atoms with Crippen molar-refractivity contribution in [1.82, 2.24) is 0 Å². The lowest BCUT2D eigenvalue weighted by atomic mass is 10.1. The quantitative estimate of drug-likeness (QED) is 0.248. The Morgan fingerprint density at radius 1 is 0.829 bits per heavy atom. The van der Waals surface area contributed by atoms with E-state index in [1.54, 1.807) is 42.5 Å². The topological polar surface area (TPSA) is 44.8 Å². The predicted octanol–water partition coefficient (Wildman–Crippen LogP) is 5.73. The van der Waals surface area contributed by atoms with Crippen molar-refractivity contribution in [3.8, 4) is 5.75 Å². The summed E-state index contributed by atoms with van der Waals surface area (Å²) in [6.07, 6.45) is 0. The van der Waals surface area contributed by atoms with Crippen LogP contribution in [0.25, 0.3) is 0 Å². The van der Waals surface area contributed by atoms with Crippen LogP contribution in [0.4, 0.5) is 39.0 Å². The van der Waals surface area contributed by atoms with Gasteiger partial charge in [-0.25, -0.2) is 22.0 Å². The maximum atomic E-state index is 14.1. The van der Waals surface area contributed by atoms with Crippen LogP contribution in [-0.2, 0) is 0 Å². The minimum absolute atomic E-state index is 0.0551. The van der Waals surface area contributed by atoms with E-state index in [1.807, 2.05) is 4.90 Å². The van der Waals surface area contributed by atoms with E-state index >= 15 is 0 Å². The van der Waals surface area contributed by atoms with Gasteiger partial charge in [0.1, 0.15) is 11.4 Å². The summed E-state index contributed by atoms with van der Waals surface area (Å²) in [5.74, 6) is -9.69. The number of rotatable bonds is 5. The number of nitrogens with zero attached hydrogens (tertiary/aromatic N) is 2. The molecule has 0 atom stereocenters. The summed E-state index contributed by atoms with van der Waals surface area (Å²) in [6, 6.07) is 12.0. The molecule has 0 saturated carbocycles. The highest BCUT2D eigenvalue weighted by Crippen LogP contribution is 2.32. The highest BCUT2D eigenvalue weighted by atomic mass is 79.9. The number of nitrogens with one attached hydrogen (secondary N) is 1. The third-order valence-electron chi connectivity index (χ3n) is 5.68. The number of benzene rings is 3. The van der Waals surface area contributed by atoms with Crippen LogP contribution in [0.2, 0.25) is 0 Å². The van der Waals surface area contributed by atoms with Gasteiger partial charge in [-0.3, -0.25) is 4.79 Å². The van der Waals surface area contributed by atoms with Crippen LogP contribution in [0, 0.1) is 29.1 Å². The minimum atomic E-state index is -2.17. The Bertz CT molecular complexity index is 1240. The van der Waals surface area contributed by atoms with Gasteiger partial charge in [0.2, 0.25) is 5.82 Å². The van der Waals surface area contributed by atoms with Gasteiger partial charge in [-0.2, -0.15) is 0 Å². The monoisotopic (exact) mass is 555 g/mol. The van der Waals surface area contributed by atoms with E-state index < -0.39 is 34.8 Å². The second-order valence-electron chi connectivity index (χ2n) is 7.74. The number of anilines is 3. The minimum Gasteiger partial charge on any atom is -0.496 e. The molecule has 0 bridgehead atoms.